The van der Waals surface area contributed by atoms with E-state index in [2.05, 4.69) is 20.1 Å². The molecule has 0 amide bonds. The highest BCUT2D eigenvalue weighted by atomic mass is 35.5. The minimum Gasteiger partial charge on any atom is -0.489 e. The normalized spacial score (nSPS) is 28.3. The molecule has 0 radical (unpaired) electrons. The van der Waals surface area contributed by atoms with Crippen LogP contribution in [-0.4, -0.2) is 77.6 Å². The third kappa shape index (κ3) is 4.00. The molecule has 4 saturated heterocycles. The number of nitrogens with two attached hydrogens (primary N) is 1. The largest absolute Gasteiger partial charge is 0.489 e. The lowest BCUT2D eigenvalue weighted by molar-refractivity contribution is 0.107. The van der Waals surface area contributed by atoms with Crippen molar-refractivity contribution in [1.29, 1.82) is 5.26 Å². The van der Waals surface area contributed by atoms with Gasteiger partial charge in [0.25, 0.3) is 0 Å². The van der Waals surface area contributed by atoms with Crippen molar-refractivity contribution in [3.05, 3.63) is 34.4 Å². The van der Waals surface area contributed by atoms with Crippen molar-refractivity contribution in [3.8, 4) is 29.0 Å². The number of nitrogens with zero attached hydrogens (tertiary/aromatic N) is 5. The number of thiophene rings is 1. The van der Waals surface area contributed by atoms with Gasteiger partial charge in [0.05, 0.1) is 32.3 Å². The fourth-order valence-corrected chi connectivity index (χ4v) is 9.82. The Morgan fingerprint density at radius 3 is 2.96 bits per heavy atom. The number of halogens is 4. The van der Waals surface area contributed by atoms with Crippen molar-refractivity contribution in [2.75, 3.05) is 43.5 Å². The summed E-state index contributed by atoms with van der Waals surface area (Å²) in [6.07, 6.45) is 3.16. The lowest BCUT2D eigenvalue weighted by atomic mass is 9.95. The molecule has 2 aromatic heterocycles. The van der Waals surface area contributed by atoms with Crippen LogP contribution in [0.4, 0.5) is 24.0 Å². The molecule has 0 saturated carbocycles. The van der Waals surface area contributed by atoms with E-state index in [0.29, 0.717) is 30.7 Å². The number of rotatable bonds is 4. The zero-order chi connectivity index (χ0) is 31.5. The molecule has 9 nitrogen and oxygen atoms in total. The fraction of sp³-hybridized carbons (Fsp3) is 0.469. The lowest BCUT2D eigenvalue weighted by Crippen LogP contribution is -2.60. The second kappa shape index (κ2) is 10.2. The molecule has 7 heterocycles. The molecule has 0 aliphatic carbocycles. The van der Waals surface area contributed by atoms with E-state index in [1.807, 2.05) is 6.07 Å². The van der Waals surface area contributed by atoms with Crippen molar-refractivity contribution in [2.45, 2.75) is 61.9 Å². The number of nitriles is 1. The van der Waals surface area contributed by atoms with Crippen LogP contribution in [0, 0.1) is 23.0 Å². The molecule has 5 aliphatic rings. The van der Waals surface area contributed by atoms with E-state index >= 15 is 4.39 Å². The third-order valence-electron chi connectivity index (χ3n) is 10.6. The van der Waals surface area contributed by atoms with E-state index < -0.39 is 23.3 Å². The minimum atomic E-state index is -0.929. The molecule has 4 aromatic rings. The summed E-state index contributed by atoms with van der Waals surface area (Å²) >= 11 is 7.98. The van der Waals surface area contributed by atoms with Crippen molar-refractivity contribution < 1.29 is 22.6 Å². The summed E-state index contributed by atoms with van der Waals surface area (Å²) in [7, 11) is 0. The van der Waals surface area contributed by atoms with E-state index in [0.717, 1.165) is 43.6 Å². The number of ether oxygens (including phenoxy) is 2. The van der Waals surface area contributed by atoms with Crippen molar-refractivity contribution in [3.63, 3.8) is 0 Å². The molecular weight excluding hydrogens is 639 g/mol. The van der Waals surface area contributed by atoms with E-state index in [9.17, 15) is 14.0 Å². The standard InChI is InChI=1S/C32H29ClF3N7O2S/c33-24-22(16-3-4-18(35)28-21(16)17(9-37)29(38)46-28)25(36)26-23-27(24)44-12-20-19-5-2-15(39-19)11-43(20)30(23)41-31(40-26)45-13-32-6-1-7-42(32)10-14(34)8-32/h3-4,14-15,19-20,39H,1-2,5-8,10-13,38H2/t14?,15-,19+,20-,32+/m1/s1. The van der Waals surface area contributed by atoms with Gasteiger partial charge in [-0.1, -0.05) is 17.7 Å². The Morgan fingerprint density at radius 1 is 1.24 bits per heavy atom. The number of hydrogen-bond donors (Lipinski definition) is 2. The molecule has 2 aromatic carbocycles. The quantitative estimate of drug-likeness (QED) is 0.289. The Kier molecular flexibility index (Phi) is 6.36. The van der Waals surface area contributed by atoms with Crippen LogP contribution in [-0.2, 0) is 0 Å². The van der Waals surface area contributed by atoms with Crippen molar-refractivity contribution in [1.82, 2.24) is 20.2 Å². The van der Waals surface area contributed by atoms with Gasteiger partial charge in [-0.05, 0) is 43.9 Å². The molecule has 2 bridgehead atoms. The van der Waals surface area contributed by atoms with Gasteiger partial charge >= 0.3 is 6.01 Å². The number of alkyl halides is 1. The Hall–Kier alpha value is -3.57. The number of piperazine rings is 1. The van der Waals surface area contributed by atoms with Crippen molar-refractivity contribution in [2.24, 2.45) is 0 Å². The minimum absolute atomic E-state index is 0.0163. The maximum Gasteiger partial charge on any atom is 0.319 e. The van der Waals surface area contributed by atoms with Crippen LogP contribution in [0.15, 0.2) is 12.1 Å². The van der Waals surface area contributed by atoms with Gasteiger partial charge in [-0.25, -0.2) is 13.2 Å². The molecule has 5 atom stereocenters. The third-order valence-corrected chi connectivity index (χ3v) is 12.0. The van der Waals surface area contributed by atoms with Gasteiger partial charge in [-0.3, -0.25) is 4.90 Å². The van der Waals surface area contributed by atoms with Gasteiger partial charge < -0.3 is 25.4 Å². The fourth-order valence-electron chi connectivity index (χ4n) is 8.54. The molecule has 0 spiro atoms. The number of hydrogen-bond acceptors (Lipinski definition) is 10. The lowest BCUT2D eigenvalue weighted by Gasteiger charge is -2.40. The first-order valence-corrected chi connectivity index (χ1v) is 16.8. The smallest absolute Gasteiger partial charge is 0.319 e. The summed E-state index contributed by atoms with van der Waals surface area (Å²) in [5, 5.41) is 14.2. The Morgan fingerprint density at radius 2 is 2.11 bits per heavy atom. The summed E-state index contributed by atoms with van der Waals surface area (Å²) in [6.45, 7) is 2.26. The first-order chi connectivity index (χ1) is 22.3. The monoisotopic (exact) mass is 667 g/mol. The number of nitrogens with one attached hydrogen (secondary N) is 1. The number of benzene rings is 2. The average Bonchev–Trinajstić information content (AvgIpc) is 3.76. The summed E-state index contributed by atoms with van der Waals surface area (Å²) < 4.78 is 59.5. The predicted molar refractivity (Wildman–Crippen MR) is 170 cm³/mol. The molecule has 5 aliphatic heterocycles. The van der Waals surface area contributed by atoms with Gasteiger partial charge in [-0.15, -0.1) is 11.3 Å². The number of anilines is 2. The SMILES string of the molecule is N#Cc1c(N)sc2c(F)ccc(-c3c(Cl)c4c5c(nc(OC[C@@]67CCCN6CC(F)C7)nc5c3F)N3C[C@H]5CC[C@H](N5)[C@H]3CO4)c12. The maximum atomic E-state index is 17.1. The van der Waals surface area contributed by atoms with E-state index in [4.69, 9.17) is 31.8 Å². The molecule has 1 unspecified atom stereocenters. The van der Waals surface area contributed by atoms with Gasteiger partial charge in [0.2, 0.25) is 0 Å². The summed E-state index contributed by atoms with van der Waals surface area (Å²) in [5.74, 6) is -0.660. The highest BCUT2D eigenvalue weighted by Gasteiger charge is 2.50. The Balaban J connectivity index is 1.26. The molecule has 9 rings (SSSR count). The van der Waals surface area contributed by atoms with Gasteiger partial charge in [0.1, 0.15) is 47.6 Å². The molecule has 3 N–H and O–H groups in total. The number of aromatic nitrogens is 2. The zero-order valence-electron chi connectivity index (χ0n) is 24.6. The predicted octanol–water partition coefficient (Wildman–Crippen LogP) is 5.55. The second-order valence-electron chi connectivity index (χ2n) is 13.1. The van der Waals surface area contributed by atoms with Crippen LogP contribution >= 0.6 is 22.9 Å². The Labute approximate surface area is 271 Å². The summed E-state index contributed by atoms with van der Waals surface area (Å²) in [5.41, 5.74) is 5.77. The van der Waals surface area contributed by atoms with Gasteiger partial charge in [0.15, 0.2) is 11.6 Å². The molecule has 238 valence electrons. The van der Waals surface area contributed by atoms with Gasteiger partial charge in [0, 0.05) is 42.5 Å². The number of nitrogen functional groups attached to an aromatic ring is 1. The number of fused-ring (bicyclic) bond motifs is 7. The summed E-state index contributed by atoms with van der Waals surface area (Å²) in [4.78, 5) is 13.8. The molecule has 46 heavy (non-hydrogen) atoms. The van der Waals surface area contributed by atoms with Gasteiger partial charge in [-0.2, -0.15) is 15.2 Å². The van der Waals surface area contributed by atoms with Crippen LogP contribution in [0.2, 0.25) is 5.02 Å². The molecule has 14 heteroatoms. The van der Waals surface area contributed by atoms with E-state index in [1.165, 1.54) is 12.1 Å². The van der Waals surface area contributed by atoms with E-state index in [-0.39, 0.29) is 85.4 Å². The highest BCUT2D eigenvalue weighted by Crippen LogP contribution is 2.52. The summed E-state index contributed by atoms with van der Waals surface area (Å²) in [6, 6.07) is 4.91. The van der Waals surface area contributed by atoms with Crippen LogP contribution in [0.5, 0.6) is 11.8 Å². The first-order valence-electron chi connectivity index (χ1n) is 15.6. The zero-order valence-corrected chi connectivity index (χ0v) is 26.2. The van der Waals surface area contributed by atoms with Crippen LogP contribution < -0.4 is 25.4 Å². The van der Waals surface area contributed by atoms with E-state index in [1.54, 1.807) is 0 Å². The molecule has 4 fully saturated rings. The highest BCUT2D eigenvalue weighted by molar-refractivity contribution is 7.23. The Bertz CT molecular complexity index is 2000. The topological polar surface area (TPSA) is 113 Å². The average molecular weight is 668 g/mol. The molecular formula is C32H29ClF3N7O2S. The maximum absolute atomic E-state index is 17.1. The van der Waals surface area contributed by atoms with Crippen molar-refractivity contribution >= 4 is 54.7 Å². The first kappa shape index (κ1) is 28.6. The van der Waals surface area contributed by atoms with Crippen LogP contribution in [0.1, 0.15) is 37.7 Å². The van der Waals surface area contributed by atoms with Crippen LogP contribution in [0.3, 0.4) is 0 Å². The second-order valence-corrected chi connectivity index (χ2v) is 14.5. The van der Waals surface area contributed by atoms with Crippen LogP contribution in [0.25, 0.3) is 32.1 Å².